The minimum atomic E-state index is -4.41. The van der Waals surface area contributed by atoms with Crippen molar-refractivity contribution in [2.24, 2.45) is 5.92 Å². The Bertz CT molecular complexity index is 1170. The van der Waals surface area contributed by atoms with Gasteiger partial charge in [0.25, 0.3) is 0 Å². The molecule has 0 bridgehead atoms. The van der Waals surface area contributed by atoms with Gasteiger partial charge < -0.3 is 10.2 Å². The number of nitrogens with zero attached hydrogens (tertiary/aromatic N) is 2. The summed E-state index contributed by atoms with van der Waals surface area (Å²) in [5, 5.41) is 2.99. The minimum Gasteiger partial charge on any atom is -0.365 e. The highest BCUT2D eigenvalue weighted by molar-refractivity contribution is 5.94. The van der Waals surface area contributed by atoms with E-state index < -0.39 is 17.7 Å². The van der Waals surface area contributed by atoms with Crippen LogP contribution in [0.25, 0.3) is 0 Å². The molecule has 2 heterocycles. The molecule has 0 radical (unpaired) electrons. The van der Waals surface area contributed by atoms with Gasteiger partial charge in [0.15, 0.2) is 0 Å². The summed E-state index contributed by atoms with van der Waals surface area (Å²) in [7, 11) is 0. The molecule has 3 aromatic carbocycles. The normalized spacial score (nSPS) is 20.1. The van der Waals surface area contributed by atoms with Crippen molar-refractivity contribution in [1.29, 1.82) is 0 Å². The van der Waals surface area contributed by atoms with Crippen LogP contribution < -0.4 is 10.2 Å². The average Bonchev–Trinajstić information content (AvgIpc) is 2.87. The van der Waals surface area contributed by atoms with E-state index >= 15 is 0 Å². The van der Waals surface area contributed by atoms with Crippen LogP contribution in [0.5, 0.6) is 0 Å². The number of nitrogens with one attached hydrogen (secondary N) is 1. The summed E-state index contributed by atoms with van der Waals surface area (Å²) in [6, 6.07) is 23.3. The molecule has 1 saturated heterocycles. The summed E-state index contributed by atoms with van der Waals surface area (Å²) < 4.78 is 40.2. The molecule has 0 spiro atoms. The van der Waals surface area contributed by atoms with Crippen molar-refractivity contribution < 1.29 is 18.0 Å². The van der Waals surface area contributed by atoms with Crippen LogP contribution in [0.1, 0.15) is 16.7 Å². The lowest BCUT2D eigenvalue weighted by molar-refractivity contribution is -0.137. The Hall–Kier alpha value is -3.32. The molecule has 1 fully saturated rings. The SMILES string of the molecule is O=C(Nc1ccccc1)[C@H]1Cc2cc(C(F)(F)F)ccc2N2CCN(CCc3ccccc3)C[C@H]12. The molecule has 0 aliphatic carbocycles. The first kappa shape index (κ1) is 23.4. The first-order valence-corrected chi connectivity index (χ1v) is 12.0. The van der Waals surface area contributed by atoms with Crippen LogP contribution in [0.15, 0.2) is 78.9 Å². The van der Waals surface area contributed by atoms with Crippen LogP contribution in [-0.2, 0) is 23.8 Å². The third-order valence-electron chi connectivity index (χ3n) is 7.06. The molecule has 0 aromatic heterocycles. The number of halogens is 3. The molecule has 1 amide bonds. The van der Waals surface area contributed by atoms with E-state index in [1.165, 1.54) is 11.6 Å². The summed E-state index contributed by atoms with van der Waals surface area (Å²) in [5.74, 6) is -0.607. The number of para-hydroxylation sites is 1. The number of carbonyl (C=O) groups is 1. The maximum Gasteiger partial charge on any atom is 0.416 e. The zero-order chi connectivity index (χ0) is 24.4. The van der Waals surface area contributed by atoms with Gasteiger partial charge in [0.05, 0.1) is 17.5 Å². The second-order valence-electron chi connectivity index (χ2n) is 9.30. The molecule has 182 valence electrons. The predicted octanol–water partition coefficient (Wildman–Crippen LogP) is 5.25. The van der Waals surface area contributed by atoms with E-state index in [4.69, 9.17) is 0 Å². The Kier molecular flexibility index (Phi) is 6.52. The van der Waals surface area contributed by atoms with E-state index in [1.807, 2.05) is 48.5 Å². The van der Waals surface area contributed by atoms with Crippen molar-refractivity contribution in [1.82, 2.24) is 4.90 Å². The standard InChI is InChI=1S/C28H28F3N3O/c29-28(30,31)22-11-12-25-21(17-22)18-24(27(35)32-23-9-5-2-6-10-23)26-19-33(15-16-34(25)26)14-13-20-7-3-1-4-8-20/h1-12,17,24,26H,13-16,18-19H2,(H,32,35)/t24-,26+/m0/s1. The van der Waals surface area contributed by atoms with Crippen LogP contribution in [-0.4, -0.2) is 43.0 Å². The van der Waals surface area contributed by atoms with E-state index in [9.17, 15) is 18.0 Å². The summed E-state index contributed by atoms with van der Waals surface area (Å²) in [6.45, 7) is 3.05. The smallest absolute Gasteiger partial charge is 0.365 e. The number of rotatable bonds is 5. The van der Waals surface area contributed by atoms with Crippen LogP contribution in [0.3, 0.4) is 0 Å². The van der Waals surface area contributed by atoms with Gasteiger partial charge in [-0.1, -0.05) is 48.5 Å². The molecule has 7 heteroatoms. The van der Waals surface area contributed by atoms with E-state index in [-0.39, 0.29) is 18.4 Å². The van der Waals surface area contributed by atoms with E-state index in [2.05, 4.69) is 27.2 Å². The average molecular weight is 480 g/mol. The Morgan fingerprint density at radius 2 is 1.66 bits per heavy atom. The largest absolute Gasteiger partial charge is 0.416 e. The third kappa shape index (κ3) is 5.20. The van der Waals surface area contributed by atoms with Crippen molar-refractivity contribution in [3.63, 3.8) is 0 Å². The second kappa shape index (κ2) is 9.74. The maximum absolute atomic E-state index is 13.4. The number of amides is 1. The summed E-state index contributed by atoms with van der Waals surface area (Å²) in [5.41, 5.74) is 2.69. The van der Waals surface area contributed by atoms with Gasteiger partial charge in [0.1, 0.15) is 0 Å². The second-order valence-corrected chi connectivity index (χ2v) is 9.30. The van der Waals surface area contributed by atoms with Crippen LogP contribution in [0.2, 0.25) is 0 Å². The topological polar surface area (TPSA) is 35.6 Å². The minimum absolute atomic E-state index is 0.104. The first-order chi connectivity index (χ1) is 16.9. The zero-order valence-corrected chi connectivity index (χ0v) is 19.3. The van der Waals surface area contributed by atoms with Crippen LogP contribution in [0, 0.1) is 5.92 Å². The molecule has 1 N–H and O–H groups in total. The molecular weight excluding hydrogens is 451 g/mol. The highest BCUT2D eigenvalue weighted by atomic mass is 19.4. The van der Waals surface area contributed by atoms with E-state index in [0.717, 1.165) is 31.3 Å². The Morgan fingerprint density at radius 3 is 2.37 bits per heavy atom. The van der Waals surface area contributed by atoms with Crippen molar-refractivity contribution >= 4 is 17.3 Å². The fraction of sp³-hybridized carbons (Fsp3) is 0.321. The maximum atomic E-state index is 13.4. The molecule has 2 aliphatic rings. The van der Waals surface area contributed by atoms with Crippen molar-refractivity contribution in [2.75, 3.05) is 36.4 Å². The van der Waals surface area contributed by atoms with Crippen molar-refractivity contribution in [3.8, 4) is 0 Å². The Balaban J connectivity index is 1.40. The van der Waals surface area contributed by atoms with Gasteiger partial charge in [-0.15, -0.1) is 0 Å². The van der Waals surface area contributed by atoms with Gasteiger partial charge >= 0.3 is 6.18 Å². The number of fused-ring (bicyclic) bond motifs is 3. The Labute approximate surface area is 203 Å². The van der Waals surface area contributed by atoms with Crippen LogP contribution in [0.4, 0.5) is 24.5 Å². The molecule has 5 rings (SSSR count). The first-order valence-electron chi connectivity index (χ1n) is 12.0. The number of hydrogen-bond donors (Lipinski definition) is 1. The predicted molar refractivity (Wildman–Crippen MR) is 131 cm³/mol. The molecule has 4 nitrogen and oxygen atoms in total. The van der Waals surface area contributed by atoms with E-state index in [1.54, 1.807) is 6.07 Å². The number of alkyl halides is 3. The van der Waals surface area contributed by atoms with Gasteiger partial charge in [-0.25, -0.2) is 0 Å². The number of hydrogen-bond acceptors (Lipinski definition) is 3. The lowest BCUT2D eigenvalue weighted by atomic mass is 9.82. The fourth-order valence-electron chi connectivity index (χ4n) is 5.25. The summed E-state index contributed by atoms with van der Waals surface area (Å²) >= 11 is 0. The molecular formula is C28H28F3N3O. The van der Waals surface area contributed by atoms with Crippen LogP contribution >= 0.6 is 0 Å². The molecule has 0 unspecified atom stereocenters. The Morgan fingerprint density at radius 1 is 0.943 bits per heavy atom. The van der Waals surface area contributed by atoms with E-state index in [0.29, 0.717) is 24.3 Å². The molecule has 2 atom stereocenters. The van der Waals surface area contributed by atoms with Crippen molar-refractivity contribution in [3.05, 3.63) is 95.6 Å². The lowest BCUT2D eigenvalue weighted by Crippen LogP contribution is -2.60. The highest BCUT2D eigenvalue weighted by Gasteiger charge is 2.42. The lowest BCUT2D eigenvalue weighted by Gasteiger charge is -2.49. The monoisotopic (exact) mass is 479 g/mol. The fourth-order valence-corrected chi connectivity index (χ4v) is 5.25. The van der Waals surface area contributed by atoms with Gasteiger partial charge in [-0.2, -0.15) is 13.2 Å². The van der Waals surface area contributed by atoms with Gasteiger partial charge in [0.2, 0.25) is 5.91 Å². The number of carbonyl (C=O) groups excluding carboxylic acids is 1. The summed E-state index contributed by atoms with van der Waals surface area (Å²) in [4.78, 5) is 17.9. The van der Waals surface area contributed by atoms with Gasteiger partial charge in [0, 0.05) is 37.6 Å². The molecule has 0 saturated carbocycles. The van der Waals surface area contributed by atoms with Gasteiger partial charge in [-0.05, 0) is 54.3 Å². The number of anilines is 2. The number of piperazine rings is 1. The highest BCUT2D eigenvalue weighted by Crippen LogP contribution is 2.40. The molecule has 3 aromatic rings. The zero-order valence-electron chi connectivity index (χ0n) is 19.3. The number of benzene rings is 3. The molecule has 2 aliphatic heterocycles. The quantitative estimate of drug-likeness (QED) is 0.543. The van der Waals surface area contributed by atoms with Gasteiger partial charge in [-0.3, -0.25) is 9.69 Å². The third-order valence-corrected chi connectivity index (χ3v) is 7.06. The van der Waals surface area contributed by atoms with Crippen molar-refractivity contribution in [2.45, 2.75) is 25.1 Å². The molecule has 35 heavy (non-hydrogen) atoms. The summed E-state index contributed by atoms with van der Waals surface area (Å²) in [6.07, 6.45) is -3.21.